The molecule has 2 heteroatoms. The van der Waals surface area contributed by atoms with Crippen LogP contribution in [0.1, 0.15) is 84.0 Å². The zero-order valence-electron chi connectivity index (χ0n) is 13.2. The minimum atomic E-state index is -0.0377. The Morgan fingerprint density at radius 3 is 2.15 bits per heavy atom. The van der Waals surface area contributed by atoms with Crippen molar-refractivity contribution < 1.29 is 9.53 Å². The summed E-state index contributed by atoms with van der Waals surface area (Å²) in [4.78, 5) is 11.2. The van der Waals surface area contributed by atoms with Gasteiger partial charge < -0.3 is 4.74 Å². The van der Waals surface area contributed by atoms with Gasteiger partial charge >= 0.3 is 5.97 Å². The molecule has 0 amide bonds. The Kier molecular flexibility index (Phi) is 10.3. The summed E-state index contributed by atoms with van der Waals surface area (Å²) < 4.78 is 4.93. The molecule has 1 saturated heterocycles. The molecule has 0 radical (unpaired) electrons. The van der Waals surface area contributed by atoms with Gasteiger partial charge in [0.15, 0.2) is 0 Å². The van der Waals surface area contributed by atoms with Gasteiger partial charge in [0.25, 0.3) is 0 Å². The van der Waals surface area contributed by atoms with E-state index >= 15 is 0 Å². The molecule has 1 rings (SSSR count). The van der Waals surface area contributed by atoms with E-state index in [-0.39, 0.29) is 11.9 Å². The molecule has 116 valence electrons. The van der Waals surface area contributed by atoms with Gasteiger partial charge in [-0.05, 0) is 19.3 Å². The predicted molar refractivity (Wildman–Crippen MR) is 84.7 cm³/mol. The van der Waals surface area contributed by atoms with Crippen molar-refractivity contribution in [2.45, 2.75) is 84.0 Å². The standard InChI is InChI=1S/C18H32O2/c1-2-3-4-5-6-7-8-9-10-11-12-13-14-17-15-16-20-18(17)19/h13-14,17H,2-12,15-16H2,1H3. The summed E-state index contributed by atoms with van der Waals surface area (Å²) in [6.07, 6.45) is 20.0. The molecule has 0 aromatic rings. The fourth-order valence-electron chi connectivity index (χ4n) is 2.70. The first-order valence-corrected chi connectivity index (χ1v) is 8.68. The summed E-state index contributed by atoms with van der Waals surface area (Å²) in [6, 6.07) is 0. The zero-order valence-corrected chi connectivity index (χ0v) is 13.2. The Labute approximate surface area is 125 Å². The van der Waals surface area contributed by atoms with Crippen LogP contribution in [-0.4, -0.2) is 12.6 Å². The highest BCUT2D eigenvalue weighted by Crippen LogP contribution is 2.16. The smallest absolute Gasteiger partial charge is 0.312 e. The van der Waals surface area contributed by atoms with E-state index in [0.717, 1.165) is 12.8 Å². The topological polar surface area (TPSA) is 26.3 Å². The van der Waals surface area contributed by atoms with E-state index in [0.29, 0.717) is 6.61 Å². The van der Waals surface area contributed by atoms with Crippen molar-refractivity contribution in [3.63, 3.8) is 0 Å². The largest absolute Gasteiger partial charge is 0.465 e. The van der Waals surface area contributed by atoms with Crippen molar-refractivity contribution in [1.82, 2.24) is 0 Å². The Morgan fingerprint density at radius 2 is 1.60 bits per heavy atom. The Balaban J connectivity index is 1.80. The SMILES string of the molecule is CCCCCCCCCCCCC=CC1CCOC1=O. The van der Waals surface area contributed by atoms with E-state index < -0.39 is 0 Å². The van der Waals surface area contributed by atoms with E-state index in [1.807, 2.05) is 6.08 Å². The third kappa shape index (κ3) is 8.39. The van der Waals surface area contributed by atoms with Crippen LogP contribution >= 0.6 is 0 Å². The minimum absolute atomic E-state index is 0.0377. The Bertz CT molecular complexity index is 271. The van der Waals surface area contributed by atoms with Crippen LogP contribution in [0.3, 0.4) is 0 Å². The Hall–Kier alpha value is -0.790. The number of ether oxygens (including phenoxy) is 1. The molecule has 1 aliphatic rings. The van der Waals surface area contributed by atoms with Gasteiger partial charge in [0.2, 0.25) is 0 Å². The van der Waals surface area contributed by atoms with Crippen LogP contribution in [0.2, 0.25) is 0 Å². The number of allylic oxidation sites excluding steroid dienone is 1. The fourth-order valence-corrected chi connectivity index (χ4v) is 2.70. The molecule has 1 aliphatic heterocycles. The highest BCUT2D eigenvalue weighted by molar-refractivity contribution is 5.76. The van der Waals surface area contributed by atoms with Crippen molar-refractivity contribution in [1.29, 1.82) is 0 Å². The van der Waals surface area contributed by atoms with Crippen LogP contribution < -0.4 is 0 Å². The average Bonchev–Trinajstić information content (AvgIpc) is 2.85. The molecule has 1 unspecified atom stereocenters. The number of cyclic esters (lactones) is 1. The number of esters is 1. The third-order valence-corrected chi connectivity index (χ3v) is 4.07. The summed E-state index contributed by atoms with van der Waals surface area (Å²) in [5.41, 5.74) is 0. The molecule has 0 aliphatic carbocycles. The third-order valence-electron chi connectivity index (χ3n) is 4.07. The van der Waals surface area contributed by atoms with Crippen LogP contribution in [0.25, 0.3) is 0 Å². The summed E-state index contributed by atoms with van der Waals surface area (Å²) in [5, 5.41) is 0. The maximum absolute atomic E-state index is 11.2. The monoisotopic (exact) mass is 280 g/mol. The number of carbonyl (C=O) groups excluding carboxylic acids is 1. The first-order valence-electron chi connectivity index (χ1n) is 8.68. The summed E-state index contributed by atoms with van der Waals surface area (Å²) in [7, 11) is 0. The van der Waals surface area contributed by atoms with Crippen molar-refractivity contribution in [3.8, 4) is 0 Å². The fraction of sp³-hybridized carbons (Fsp3) is 0.833. The van der Waals surface area contributed by atoms with Gasteiger partial charge in [-0.2, -0.15) is 0 Å². The molecule has 1 atom stereocenters. The van der Waals surface area contributed by atoms with Crippen LogP contribution in [0, 0.1) is 5.92 Å². The quantitative estimate of drug-likeness (QED) is 0.271. The molecule has 1 fully saturated rings. The van der Waals surface area contributed by atoms with Gasteiger partial charge in [-0.25, -0.2) is 0 Å². The van der Waals surface area contributed by atoms with Crippen molar-refractivity contribution in [3.05, 3.63) is 12.2 Å². The second-order valence-electron chi connectivity index (χ2n) is 5.96. The lowest BCUT2D eigenvalue weighted by Gasteiger charge is -2.01. The van der Waals surface area contributed by atoms with Crippen molar-refractivity contribution in [2.75, 3.05) is 6.61 Å². The maximum atomic E-state index is 11.2. The number of hydrogen-bond donors (Lipinski definition) is 0. The number of unbranched alkanes of at least 4 members (excludes halogenated alkanes) is 10. The Morgan fingerprint density at radius 1 is 1.00 bits per heavy atom. The molecule has 0 N–H and O–H groups in total. The highest BCUT2D eigenvalue weighted by Gasteiger charge is 2.22. The molecule has 20 heavy (non-hydrogen) atoms. The van der Waals surface area contributed by atoms with E-state index in [1.165, 1.54) is 64.2 Å². The van der Waals surface area contributed by atoms with Crippen molar-refractivity contribution in [2.24, 2.45) is 5.92 Å². The predicted octanol–water partition coefficient (Wildman–Crippen LogP) is 5.42. The van der Waals surface area contributed by atoms with Gasteiger partial charge in [0.1, 0.15) is 0 Å². The second kappa shape index (κ2) is 12.0. The van der Waals surface area contributed by atoms with Crippen LogP contribution in [0.4, 0.5) is 0 Å². The molecule has 0 aromatic carbocycles. The van der Waals surface area contributed by atoms with Gasteiger partial charge in [0, 0.05) is 0 Å². The molecule has 0 saturated carbocycles. The molecule has 2 nitrogen and oxygen atoms in total. The maximum Gasteiger partial charge on any atom is 0.312 e. The molecule has 0 spiro atoms. The van der Waals surface area contributed by atoms with Crippen LogP contribution in [0.15, 0.2) is 12.2 Å². The van der Waals surface area contributed by atoms with Crippen molar-refractivity contribution >= 4 is 5.97 Å². The molecule has 1 heterocycles. The lowest BCUT2D eigenvalue weighted by atomic mass is 10.0. The van der Waals surface area contributed by atoms with Gasteiger partial charge in [0.05, 0.1) is 12.5 Å². The van der Waals surface area contributed by atoms with E-state index in [4.69, 9.17) is 4.74 Å². The summed E-state index contributed by atoms with van der Waals surface area (Å²) >= 11 is 0. The molecule has 0 aromatic heterocycles. The zero-order chi connectivity index (χ0) is 14.5. The first kappa shape index (κ1) is 17.3. The van der Waals surface area contributed by atoms with E-state index in [2.05, 4.69) is 13.0 Å². The van der Waals surface area contributed by atoms with Gasteiger partial charge in [-0.1, -0.05) is 76.9 Å². The average molecular weight is 280 g/mol. The highest BCUT2D eigenvalue weighted by atomic mass is 16.5. The summed E-state index contributed by atoms with van der Waals surface area (Å²) in [6.45, 7) is 2.87. The molecule has 0 bridgehead atoms. The molecular formula is C18H32O2. The lowest BCUT2D eigenvalue weighted by molar-refractivity contribution is -0.140. The molecular weight excluding hydrogens is 248 g/mol. The number of rotatable bonds is 12. The summed E-state index contributed by atoms with van der Waals surface area (Å²) in [5.74, 6) is 0.00226. The van der Waals surface area contributed by atoms with Crippen LogP contribution in [-0.2, 0) is 9.53 Å². The van der Waals surface area contributed by atoms with E-state index in [9.17, 15) is 4.79 Å². The van der Waals surface area contributed by atoms with Gasteiger partial charge in [-0.15, -0.1) is 0 Å². The normalized spacial score (nSPS) is 18.9. The van der Waals surface area contributed by atoms with E-state index in [1.54, 1.807) is 0 Å². The lowest BCUT2D eigenvalue weighted by Crippen LogP contribution is -2.03. The van der Waals surface area contributed by atoms with Gasteiger partial charge in [-0.3, -0.25) is 4.79 Å². The first-order chi connectivity index (χ1) is 9.84. The number of hydrogen-bond acceptors (Lipinski definition) is 2. The minimum Gasteiger partial charge on any atom is -0.465 e. The number of carbonyl (C=O) groups is 1. The van der Waals surface area contributed by atoms with Crippen LogP contribution in [0.5, 0.6) is 0 Å². The second-order valence-corrected chi connectivity index (χ2v) is 5.96.